The van der Waals surface area contributed by atoms with Gasteiger partial charge in [0.05, 0.1) is 18.7 Å². The molecule has 0 amide bonds. The minimum Gasteiger partial charge on any atom is -0.507 e. The maximum atomic E-state index is 11.3. The van der Waals surface area contributed by atoms with Crippen LogP contribution in [0.25, 0.3) is 0 Å². The quantitative estimate of drug-likeness (QED) is 0.565. The van der Waals surface area contributed by atoms with Gasteiger partial charge in [-0.25, -0.2) is 4.79 Å². The summed E-state index contributed by atoms with van der Waals surface area (Å²) >= 11 is 0. The van der Waals surface area contributed by atoms with Crippen molar-refractivity contribution < 1.29 is 24.2 Å². The van der Waals surface area contributed by atoms with Gasteiger partial charge >= 0.3 is 5.97 Å². The number of ether oxygens (including phenoxy) is 2. The SMILES string of the molecule is CCOC(=O)COc1ccc(C(=O)CN)c(O)c1. The zero-order chi connectivity index (χ0) is 13.5. The molecular formula is C12H15NO5. The van der Waals surface area contributed by atoms with Gasteiger partial charge in [0, 0.05) is 6.07 Å². The molecule has 0 aliphatic rings. The third kappa shape index (κ3) is 3.74. The van der Waals surface area contributed by atoms with Crippen molar-refractivity contribution in [3.05, 3.63) is 23.8 Å². The van der Waals surface area contributed by atoms with E-state index in [0.29, 0.717) is 0 Å². The highest BCUT2D eigenvalue weighted by molar-refractivity contribution is 6.00. The second-order valence-corrected chi connectivity index (χ2v) is 3.40. The van der Waals surface area contributed by atoms with Crippen molar-refractivity contribution in [1.29, 1.82) is 0 Å². The summed E-state index contributed by atoms with van der Waals surface area (Å²) in [6.07, 6.45) is 0. The second kappa shape index (κ2) is 6.61. The molecule has 0 saturated heterocycles. The van der Waals surface area contributed by atoms with Gasteiger partial charge in [0.1, 0.15) is 11.5 Å². The molecule has 6 nitrogen and oxygen atoms in total. The Morgan fingerprint density at radius 3 is 2.67 bits per heavy atom. The summed E-state index contributed by atoms with van der Waals surface area (Å²) in [6.45, 7) is 1.53. The van der Waals surface area contributed by atoms with E-state index < -0.39 is 5.97 Å². The van der Waals surface area contributed by atoms with Gasteiger partial charge in [-0.2, -0.15) is 0 Å². The van der Waals surface area contributed by atoms with Crippen LogP contribution in [0.2, 0.25) is 0 Å². The van der Waals surface area contributed by atoms with E-state index in [4.69, 9.17) is 10.5 Å². The third-order valence-corrected chi connectivity index (χ3v) is 2.12. The summed E-state index contributed by atoms with van der Waals surface area (Å²) in [7, 11) is 0. The third-order valence-electron chi connectivity index (χ3n) is 2.12. The summed E-state index contributed by atoms with van der Waals surface area (Å²) in [6, 6.07) is 4.12. The molecule has 1 aromatic rings. The van der Waals surface area contributed by atoms with Crippen LogP contribution in [0, 0.1) is 0 Å². The number of hydrogen-bond donors (Lipinski definition) is 2. The summed E-state index contributed by atoms with van der Waals surface area (Å²) in [5.74, 6) is -0.829. The molecule has 0 unspecified atom stereocenters. The Hall–Kier alpha value is -2.08. The number of phenols is 1. The highest BCUT2D eigenvalue weighted by atomic mass is 16.6. The molecule has 18 heavy (non-hydrogen) atoms. The van der Waals surface area contributed by atoms with Crippen LogP contribution in [0.5, 0.6) is 11.5 Å². The predicted molar refractivity (Wildman–Crippen MR) is 63.6 cm³/mol. The summed E-state index contributed by atoms with van der Waals surface area (Å²) < 4.78 is 9.77. The number of benzene rings is 1. The van der Waals surface area contributed by atoms with Gasteiger partial charge in [-0.15, -0.1) is 0 Å². The van der Waals surface area contributed by atoms with Crippen molar-refractivity contribution >= 4 is 11.8 Å². The van der Waals surface area contributed by atoms with Gasteiger partial charge in [0.15, 0.2) is 12.4 Å². The van der Waals surface area contributed by atoms with E-state index >= 15 is 0 Å². The van der Waals surface area contributed by atoms with Crippen molar-refractivity contribution in [3.63, 3.8) is 0 Å². The lowest BCUT2D eigenvalue weighted by Crippen LogP contribution is -2.15. The first-order chi connectivity index (χ1) is 8.58. The smallest absolute Gasteiger partial charge is 0.344 e. The van der Waals surface area contributed by atoms with Crippen LogP contribution in [0.3, 0.4) is 0 Å². The van der Waals surface area contributed by atoms with Crippen LogP contribution in [-0.2, 0) is 9.53 Å². The number of nitrogens with two attached hydrogens (primary N) is 1. The molecule has 0 aromatic heterocycles. The monoisotopic (exact) mass is 253 g/mol. The van der Waals surface area contributed by atoms with E-state index in [1.165, 1.54) is 18.2 Å². The number of rotatable bonds is 6. The summed E-state index contributed by atoms with van der Waals surface area (Å²) in [5.41, 5.74) is 5.32. The van der Waals surface area contributed by atoms with Crippen LogP contribution < -0.4 is 10.5 Å². The molecule has 6 heteroatoms. The highest BCUT2D eigenvalue weighted by Crippen LogP contribution is 2.23. The standard InChI is InChI=1S/C12H15NO5/c1-2-17-12(16)7-18-8-3-4-9(10(14)5-8)11(15)6-13/h3-5,14H,2,6-7,13H2,1H3. The predicted octanol–water partition coefficient (Wildman–Crippen LogP) is 0.476. The highest BCUT2D eigenvalue weighted by Gasteiger charge is 2.11. The molecule has 0 radical (unpaired) electrons. The zero-order valence-electron chi connectivity index (χ0n) is 10.0. The summed E-state index contributed by atoms with van der Waals surface area (Å²) in [4.78, 5) is 22.3. The van der Waals surface area contributed by atoms with Crippen LogP contribution >= 0.6 is 0 Å². The van der Waals surface area contributed by atoms with E-state index in [1.807, 2.05) is 0 Å². The Bertz CT molecular complexity index is 444. The largest absolute Gasteiger partial charge is 0.507 e. The van der Waals surface area contributed by atoms with Crippen LogP contribution in [-0.4, -0.2) is 36.6 Å². The number of Topliss-reactive ketones (excluding diaryl/α,β-unsaturated/α-hetero) is 1. The van der Waals surface area contributed by atoms with Crippen LogP contribution in [0.4, 0.5) is 0 Å². The molecular weight excluding hydrogens is 238 g/mol. The Kier molecular flexibility index (Phi) is 5.13. The average Bonchev–Trinajstić information content (AvgIpc) is 2.36. The molecule has 0 fully saturated rings. The van der Waals surface area contributed by atoms with Crippen molar-refractivity contribution in [1.82, 2.24) is 0 Å². The fraction of sp³-hybridized carbons (Fsp3) is 0.333. The lowest BCUT2D eigenvalue weighted by atomic mass is 10.1. The van der Waals surface area contributed by atoms with E-state index in [0.717, 1.165) is 0 Å². The van der Waals surface area contributed by atoms with Crippen molar-refractivity contribution in [3.8, 4) is 11.5 Å². The fourth-order valence-corrected chi connectivity index (χ4v) is 1.29. The average molecular weight is 253 g/mol. The van der Waals surface area contributed by atoms with E-state index in [-0.39, 0.29) is 42.6 Å². The molecule has 0 heterocycles. The molecule has 0 bridgehead atoms. The molecule has 3 N–H and O–H groups in total. The van der Waals surface area contributed by atoms with Gasteiger partial charge in [-0.05, 0) is 19.1 Å². The number of esters is 1. The first-order valence-electron chi connectivity index (χ1n) is 5.43. The van der Waals surface area contributed by atoms with Crippen LogP contribution in [0.1, 0.15) is 17.3 Å². The van der Waals surface area contributed by atoms with Gasteiger partial charge in [-0.3, -0.25) is 4.79 Å². The molecule has 0 atom stereocenters. The molecule has 0 saturated carbocycles. The van der Waals surface area contributed by atoms with Crippen molar-refractivity contribution in [2.45, 2.75) is 6.92 Å². The Labute approximate surface area is 104 Å². The number of carbonyl (C=O) groups is 2. The first-order valence-corrected chi connectivity index (χ1v) is 5.43. The molecule has 1 rings (SSSR count). The fourth-order valence-electron chi connectivity index (χ4n) is 1.29. The van der Waals surface area contributed by atoms with Crippen LogP contribution in [0.15, 0.2) is 18.2 Å². The number of aromatic hydroxyl groups is 1. The normalized spacial score (nSPS) is 9.89. The Morgan fingerprint density at radius 2 is 2.11 bits per heavy atom. The number of carbonyl (C=O) groups excluding carboxylic acids is 2. The number of phenolic OH excluding ortho intramolecular Hbond substituents is 1. The molecule has 0 aliphatic carbocycles. The van der Waals surface area contributed by atoms with Gasteiger partial charge < -0.3 is 20.3 Å². The van der Waals surface area contributed by atoms with Crippen molar-refractivity contribution in [2.75, 3.05) is 19.8 Å². The maximum Gasteiger partial charge on any atom is 0.344 e. The Morgan fingerprint density at radius 1 is 1.39 bits per heavy atom. The zero-order valence-corrected chi connectivity index (χ0v) is 10.0. The molecule has 0 aliphatic heterocycles. The van der Waals surface area contributed by atoms with E-state index in [2.05, 4.69) is 4.74 Å². The molecule has 98 valence electrons. The molecule has 0 spiro atoms. The minimum absolute atomic E-state index is 0.126. The van der Waals surface area contributed by atoms with E-state index in [9.17, 15) is 14.7 Å². The maximum absolute atomic E-state index is 11.3. The number of hydrogen-bond acceptors (Lipinski definition) is 6. The number of ketones is 1. The lowest BCUT2D eigenvalue weighted by Gasteiger charge is -2.08. The van der Waals surface area contributed by atoms with Gasteiger partial charge in [-0.1, -0.05) is 0 Å². The lowest BCUT2D eigenvalue weighted by molar-refractivity contribution is -0.145. The van der Waals surface area contributed by atoms with Gasteiger partial charge in [0.25, 0.3) is 0 Å². The van der Waals surface area contributed by atoms with Crippen molar-refractivity contribution in [2.24, 2.45) is 5.73 Å². The first kappa shape index (κ1) is 14.0. The van der Waals surface area contributed by atoms with Gasteiger partial charge in [0.2, 0.25) is 0 Å². The second-order valence-electron chi connectivity index (χ2n) is 3.40. The minimum atomic E-state index is -0.501. The Balaban J connectivity index is 2.67. The molecule has 1 aromatic carbocycles. The topological polar surface area (TPSA) is 98.9 Å². The summed E-state index contributed by atoms with van der Waals surface area (Å²) in [5, 5.41) is 9.59. The van der Waals surface area contributed by atoms with E-state index in [1.54, 1.807) is 6.92 Å².